The van der Waals surface area contributed by atoms with Crippen molar-refractivity contribution in [1.82, 2.24) is 10.2 Å². The number of rotatable bonds is 9. The molecule has 2 aromatic carbocycles. The second-order valence-electron chi connectivity index (χ2n) is 7.34. The van der Waals surface area contributed by atoms with E-state index in [1.165, 1.54) is 0 Å². The molecule has 0 spiro atoms. The fraction of sp³-hybridized carbons (Fsp3) is 0.381. The molecule has 0 aliphatic heterocycles. The molecule has 0 aliphatic carbocycles. The first-order valence-corrected chi connectivity index (χ1v) is 9.34. The quantitative estimate of drug-likeness (QED) is 0.508. The Hall–Kier alpha value is -3.13. The molecule has 0 bridgehead atoms. The van der Waals surface area contributed by atoms with Gasteiger partial charge in [-0.25, -0.2) is 14.4 Å². The zero-order valence-corrected chi connectivity index (χ0v) is 16.4. The Morgan fingerprint density at radius 3 is 2.24 bits per heavy atom. The van der Waals surface area contributed by atoms with Gasteiger partial charge in [0.25, 0.3) is 0 Å². The first-order chi connectivity index (χ1) is 13.7. The number of carbonyl (C=O) groups excluding carboxylic acids is 1. The maximum absolute atomic E-state index is 12.7. The lowest BCUT2D eigenvalue weighted by Gasteiger charge is -2.27. The molecule has 0 saturated carbocycles. The van der Waals surface area contributed by atoms with E-state index in [0.29, 0.717) is 0 Å². The number of carboxylic acids is 2. The molecule has 0 aromatic heterocycles. The largest absolute Gasteiger partial charge is 0.480 e. The number of fused-ring (bicyclic) bond motifs is 1. The Morgan fingerprint density at radius 1 is 0.966 bits per heavy atom. The van der Waals surface area contributed by atoms with Crippen LogP contribution in [0.2, 0.25) is 0 Å². The summed E-state index contributed by atoms with van der Waals surface area (Å²) in [6, 6.07) is 11.2. The van der Waals surface area contributed by atoms with E-state index < -0.39 is 36.7 Å². The molecule has 2 atom stereocenters. The number of aliphatic hydroxyl groups excluding tert-OH is 1. The first-order valence-electron chi connectivity index (χ1n) is 9.34. The van der Waals surface area contributed by atoms with Gasteiger partial charge in [-0.15, -0.1) is 0 Å². The predicted molar refractivity (Wildman–Crippen MR) is 108 cm³/mol. The van der Waals surface area contributed by atoms with Gasteiger partial charge in [0.2, 0.25) is 0 Å². The number of amides is 2. The zero-order chi connectivity index (χ0) is 21.6. The van der Waals surface area contributed by atoms with Gasteiger partial charge in [-0.05, 0) is 22.3 Å². The molecule has 2 rings (SSSR count). The summed E-state index contributed by atoms with van der Waals surface area (Å²) in [5.74, 6) is -2.64. The summed E-state index contributed by atoms with van der Waals surface area (Å²) < 4.78 is 0. The number of aliphatic carboxylic acids is 2. The molecule has 0 fully saturated rings. The maximum Gasteiger partial charge on any atom is 0.334 e. The normalized spacial score (nSPS) is 13.1. The van der Waals surface area contributed by atoms with Crippen molar-refractivity contribution in [1.29, 1.82) is 0 Å². The number of carboxylic acid groups (broad SMARTS) is 2. The molecule has 8 heteroatoms. The Labute approximate surface area is 168 Å². The Morgan fingerprint density at radius 2 is 1.62 bits per heavy atom. The van der Waals surface area contributed by atoms with Crippen LogP contribution in [0, 0.1) is 5.92 Å². The third-order valence-electron chi connectivity index (χ3n) is 4.45. The SMILES string of the molecule is CC(C)CN(CC(O)C(=O)O)C(=O)N[C@@H](Cc1cccc2ccccc12)C(=O)O. The van der Waals surface area contributed by atoms with Crippen molar-refractivity contribution >= 4 is 28.7 Å². The van der Waals surface area contributed by atoms with E-state index in [4.69, 9.17) is 5.11 Å². The first kappa shape index (κ1) is 22.2. The molecule has 4 N–H and O–H groups in total. The molecule has 2 amide bonds. The standard InChI is InChI=1S/C21H26N2O6/c1-13(2)11-23(12-18(24)20(27)28)21(29)22-17(19(25)26)10-15-8-5-7-14-6-3-4-9-16(14)15/h3-9,13,17-18,24H,10-12H2,1-2H3,(H,22,29)(H,25,26)(H,27,28)/t17-,18?/m0/s1. The van der Waals surface area contributed by atoms with Crippen molar-refractivity contribution in [3.8, 4) is 0 Å². The number of hydrogen-bond acceptors (Lipinski definition) is 4. The van der Waals surface area contributed by atoms with E-state index in [2.05, 4.69) is 5.32 Å². The van der Waals surface area contributed by atoms with Crippen LogP contribution in [0.1, 0.15) is 19.4 Å². The van der Waals surface area contributed by atoms with E-state index >= 15 is 0 Å². The number of nitrogens with zero attached hydrogens (tertiary/aromatic N) is 1. The highest BCUT2D eigenvalue weighted by molar-refractivity contribution is 5.88. The third-order valence-corrected chi connectivity index (χ3v) is 4.45. The van der Waals surface area contributed by atoms with E-state index in [0.717, 1.165) is 21.2 Å². The molecule has 0 aliphatic rings. The topological polar surface area (TPSA) is 127 Å². The third kappa shape index (κ3) is 6.18. The van der Waals surface area contributed by atoms with Gasteiger partial charge >= 0.3 is 18.0 Å². The summed E-state index contributed by atoms with van der Waals surface area (Å²) in [6.07, 6.45) is -1.68. The lowest BCUT2D eigenvalue weighted by molar-refractivity contribution is -0.147. The maximum atomic E-state index is 12.7. The number of hydrogen-bond donors (Lipinski definition) is 4. The van der Waals surface area contributed by atoms with Crippen LogP contribution in [0.3, 0.4) is 0 Å². The number of carbonyl (C=O) groups is 3. The van der Waals surface area contributed by atoms with E-state index in [1.807, 2.05) is 56.3 Å². The molecule has 0 radical (unpaired) electrons. The van der Waals surface area contributed by atoms with Crippen LogP contribution in [-0.4, -0.2) is 63.4 Å². The molecule has 8 nitrogen and oxygen atoms in total. The summed E-state index contributed by atoms with van der Waals surface area (Å²) in [5.41, 5.74) is 0.775. The smallest absolute Gasteiger partial charge is 0.334 e. The second-order valence-corrected chi connectivity index (χ2v) is 7.34. The van der Waals surface area contributed by atoms with Gasteiger partial charge in [-0.2, -0.15) is 0 Å². The highest BCUT2D eigenvalue weighted by Crippen LogP contribution is 2.20. The highest BCUT2D eigenvalue weighted by Gasteiger charge is 2.27. The van der Waals surface area contributed by atoms with Crippen LogP contribution in [-0.2, 0) is 16.0 Å². The van der Waals surface area contributed by atoms with Crippen LogP contribution in [0.25, 0.3) is 10.8 Å². The van der Waals surface area contributed by atoms with Gasteiger partial charge in [-0.1, -0.05) is 56.3 Å². The molecule has 0 heterocycles. The second kappa shape index (κ2) is 9.88. The van der Waals surface area contributed by atoms with E-state index in [-0.39, 0.29) is 18.9 Å². The molecule has 156 valence electrons. The summed E-state index contributed by atoms with van der Waals surface area (Å²) in [4.78, 5) is 36.5. The molecular formula is C21H26N2O6. The van der Waals surface area contributed by atoms with Crippen LogP contribution in [0.5, 0.6) is 0 Å². The van der Waals surface area contributed by atoms with Gasteiger partial charge in [0.05, 0.1) is 6.54 Å². The summed E-state index contributed by atoms with van der Waals surface area (Å²) >= 11 is 0. The van der Waals surface area contributed by atoms with Crippen molar-refractivity contribution in [2.24, 2.45) is 5.92 Å². The average Bonchev–Trinajstić information content (AvgIpc) is 2.66. The van der Waals surface area contributed by atoms with Crippen molar-refractivity contribution in [2.75, 3.05) is 13.1 Å². The Bertz CT molecular complexity index is 877. The number of benzene rings is 2. The number of nitrogens with one attached hydrogen (secondary N) is 1. The van der Waals surface area contributed by atoms with Crippen molar-refractivity contribution in [3.63, 3.8) is 0 Å². The van der Waals surface area contributed by atoms with Crippen molar-refractivity contribution in [3.05, 3.63) is 48.0 Å². The highest BCUT2D eigenvalue weighted by atomic mass is 16.4. The van der Waals surface area contributed by atoms with Crippen LogP contribution < -0.4 is 5.32 Å². The number of urea groups is 1. The van der Waals surface area contributed by atoms with Crippen LogP contribution >= 0.6 is 0 Å². The van der Waals surface area contributed by atoms with Gasteiger partial charge in [0, 0.05) is 13.0 Å². The molecule has 29 heavy (non-hydrogen) atoms. The molecule has 1 unspecified atom stereocenters. The zero-order valence-electron chi connectivity index (χ0n) is 16.4. The molecule has 2 aromatic rings. The van der Waals surface area contributed by atoms with Gasteiger partial charge < -0.3 is 25.5 Å². The summed E-state index contributed by atoms with van der Waals surface area (Å²) in [5, 5.41) is 32.5. The van der Waals surface area contributed by atoms with Gasteiger partial charge in [0.1, 0.15) is 6.04 Å². The van der Waals surface area contributed by atoms with Gasteiger partial charge in [-0.3, -0.25) is 0 Å². The Kier molecular flexibility index (Phi) is 7.55. The summed E-state index contributed by atoms with van der Waals surface area (Å²) in [7, 11) is 0. The monoisotopic (exact) mass is 402 g/mol. The van der Waals surface area contributed by atoms with E-state index in [9.17, 15) is 24.6 Å². The minimum atomic E-state index is -1.75. The fourth-order valence-electron chi connectivity index (χ4n) is 3.10. The van der Waals surface area contributed by atoms with Gasteiger partial charge in [0.15, 0.2) is 6.10 Å². The van der Waals surface area contributed by atoms with Crippen LogP contribution in [0.4, 0.5) is 4.79 Å². The number of aliphatic hydroxyl groups is 1. The van der Waals surface area contributed by atoms with Crippen molar-refractivity contribution in [2.45, 2.75) is 32.4 Å². The van der Waals surface area contributed by atoms with Crippen LogP contribution in [0.15, 0.2) is 42.5 Å². The predicted octanol–water partition coefficient (Wildman–Crippen LogP) is 1.95. The molecular weight excluding hydrogens is 376 g/mol. The fourth-order valence-corrected chi connectivity index (χ4v) is 3.10. The van der Waals surface area contributed by atoms with E-state index in [1.54, 1.807) is 0 Å². The molecule has 0 saturated heterocycles. The lowest BCUT2D eigenvalue weighted by atomic mass is 9.99. The minimum absolute atomic E-state index is 0.00286. The average molecular weight is 402 g/mol. The Balaban J connectivity index is 2.20. The lowest BCUT2D eigenvalue weighted by Crippen LogP contribution is -2.52. The summed E-state index contributed by atoms with van der Waals surface area (Å²) in [6.45, 7) is 3.41. The minimum Gasteiger partial charge on any atom is -0.480 e. The van der Waals surface area contributed by atoms with Crippen molar-refractivity contribution < 1.29 is 29.7 Å².